The van der Waals surface area contributed by atoms with Crippen molar-refractivity contribution in [3.05, 3.63) is 12.7 Å². The molecule has 0 N–H and O–H groups in total. The Morgan fingerprint density at radius 3 is 2.38 bits per heavy atom. The molecule has 1 nitrogen and oxygen atoms in total. The van der Waals surface area contributed by atoms with Crippen molar-refractivity contribution in [1.82, 2.24) is 0 Å². The Labute approximate surface area is 49.4 Å². The van der Waals surface area contributed by atoms with Crippen LogP contribution in [0.15, 0.2) is 12.7 Å². The molecule has 1 rings (SSSR count). The quantitative estimate of drug-likeness (QED) is 0.493. The summed E-state index contributed by atoms with van der Waals surface area (Å²) < 4.78 is 0. The van der Waals surface area contributed by atoms with Gasteiger partial charge in [0, 0.05) is 5.41 Å². The van der Waals surface area contributed by atoms with E-state index in [1.807, 2.05) is 6.92 Å². The van der Waals surface area contributed by atoms with Crippen LogP contribution < -0.4 is 0 Å². The third kappa shape index (κ3) is 0.683. The number of allylic oxidation sites excluding steroid dienone is 1. The van der Waals surface area contributed by atoms with Crippen LogP contribution in [0.4, 0.5) is 0 Å². The predicted molar refractivity (Wildman–Crippen MR) is 32.5 cm³/mol. The van der Waals surface area contributed by atoms with Gasteiger partial charge < -0.3 is 0 Å². The Morgan fingerprint density at radius 1 is 1.75 bits per heavy atom. The normalized spacial score (nSPS) is 22.1. The topological polar surface area (TPSA) is 17.1 Å². The van der Waals surface area contributed by atoms with Crippen LogP contribution in [-0.2, 0) is 4.79 Å². The van der Waals surface area contributed by atoms with Crippen molar-refractivity contribution in [2.45, 2.75) is 19.8 Å². The summed E-state index contributed by atoms with van der Waals surface area (Å²) in [6.07, 6.45) is 3.53. The molecule has 0 unspecified atom stereocenters. The van der Waals surface area contributed by atoms with E-state index in [9.17, 15) is 4.79 Å². The summed E-state index contributed by atoms with van der Waals surface area (Å²) >= 11 is 0. The molecular weight excluding hydrogens is 100 g/mol. The number of hydrogen-bond acceptors (Lipinski definition) is 1. The second kappa shape index (κ2) is 1.44. The zero-order chi connectivity index (χ0) is 6.20. The van der Waals surface area contributed by atoms with Crippen molar-refractivity contribution in [3.8, 4) is 0 Å². The van der Waals surface area contributed by atoms with Gasteiger partial charge in [-0.3, -0.25) is 4.79 Å². The SMILES string of the molecule is C=CC(=O)C1(C)CC1. The van der Waals surface area contributed by atoms with Crippen LogP contribution in [0.1, 0.15) is 19.8 Å². The Kier molecular flexibility index (Phi) is 0.999. The summed E-state index contributed by atoms with van der Waals surface area (Å²) in [5.41, 5.74) is 0.00174. The van der Waals surface area contributed by atoms with E-state index in [1.165, 1.54) is 6.08 Å². The minimum absolute atomic E-state index is 0.00174. The summed E-state index contributed by atoms with van der Waals surface area (Å²) in [4.78, 5) is 10.8. The second-order valence-corrected chi connectivity index (χ2v) is 2.63. The minimum Gasteiger partial charge on any atom is -0.294 e. The summed E-state index contributed by atoms with van der Waals surface area (Å²) in [7, 11) is 0. The van der Waals surface area contributed by atoms with E-state index in [-0.39, 0.29) is 11.2 Å². The standard InChI is InChI=1S/C7H10O/c1-3-6(8)7(2)4-5-7/h3H,1,4-5H2,2H3. The highest BCUT2D eigenvalue weighted by atomic mass is 16.1. The lowest BCUT2D eigenvalue weighted by Crippen LogP contribution is -2.06. The van der Waals surface area contributed by atoms with Crippen molar-refractivity contribution in [3.63, 3.8) is 0 Å². The van der Waals surface area contributed by atoms with Gasteiger partial charge in [0.2, 0.25) is 0 Å². The molecule has 0 radical (unpaired) electrons. The van der Waals surface area contributed by atoms with E-state index in [1.54, 1.807) is 0 Å². The molecule has 1 aliphatic rings. The predicted octanol–water partition coefficient (Wildman–Crippen LogP) is 1.54. The summed E-state index contributed by atoms with van der Waals surface area (Å²) in [6, 6.07) is 0. The number of hydrogen-bond donors (Lipinski definition) is 0. The first-order chi connectivity index (χ1) is 3.69. The zero-order valence-electron chi connectivity index (χ0n) is 5.11. The van der Waals surface area contributed by atoms with Crippen LogP contribution >= 0.6 is 0 Å². The molecule has 1 fully saturated rings. The van der Waals surface area contributed by atoms with E-state index in [0.717, 1.165) is 12.8 Å². The molecule has 0 saturated heterocycles. The van der Waals surface area contributed by atoms with Gasteiger partial charge in [0.05, 0.1) is 0 Å². The van der Waals surface area contributed by atoms with Gasteiger partial charge in [0.25, 0.3) is 0 Å². The number of rotatable bonds is 2. The molecule has 0 aromatic heterocycles. The molecule has 8 heavy (non-hydrogen) atoms. The monoisotopic (exact) mass is 110 g/mol. The largest absolute Gasteiger partial charge is 0.294 e. The van der Waals surface area contributed by atoms with Gasteiger partial charge in [0.15, 0.2) is 5.78 Å². The summed E-state index contributed by atoms with van der Waals surface area (Å²) in [5.74, 6) is 0.206. The van der Waals surface area contributed by atoms with Gasteiger partial charge in [-0.15, -0.1) is 0 Å². The third-order valence-corrected chi connectivity index (χ3v) is 1.78. The van der Waals surface area contributed by atoms with Crippen LogP contribution in [0.25, 0.3) is 0 Å². The fraction of sp³-hybridized carbons (Fsp3) is 0.571. The first-order valence-electron chi connectivity index (χ1n) is 2.86. The highest BCUT2D eigenvalue weighted by Gasteiger charge is 2.42. The maximum absolute atomic E-state index is 10.8. The highest BCUT2D eigenvalue weighted by Crippen LogP contribution is 2.45. The number of carbonyl (C=O) groups excluding carboxylic acids is 1. The average molecular weight is 110 g/mol. The maximum atomic E-state index is 10.8. The van der Waals surface area contributed by atoms with Crippen molar-refractivity contribution < 1.29 is 4.79 Å². The van der Waals surface area contributed by atoms with E-state index in [2.05, 4.69) is 6.58 Å². The van der Waals surface area contributed by atoms with Gasteiger partial charge in [-0.2, -0.15) is 0 Å². The van der Waals surface area contributed by atoms with Gasteiger partial charge in [-0.05, 0) is 18.9 Å². The molecule has 44 valence electrons. The molecule has 0 spiro atoms. The molecule has 0 aromatic rings. The Morgan fingerprint density at radius 2 is 2.25 bits per heavy atom. The lowest BCUT2D eigenvalue weighted by Gasteiger charge is -1.97. The Balaban J connectivity index is 2.58. The summed E-state index contributed by atoms with van der Waals surface area (Å²) in [5, 5.41) is 0. The second-order valence-electron chi connectivity index (χ2n) is 2.63. The molecule has 0 bridgehead atoms. The van der Waals surface area contributed by atoms with Crippen LogP contribution in [0.5, 0.6) is 0 Å². The average Bonchev–Trinajstić information content (AvgIpc) is 2.47. The Bertz CT molecular complexity index is 131. The first kappa shape index (κ1) is 5.54. The van der Waals surface area contributed by atoms with Crippen molar-refractivity contribution in [1.29, 1.82) is 0 Å². The van der Waals surface area contributed by atoms with Gasteiger partial charge in [-0.1, -0.05) is 13.5 Å². The highest BCUT2D eigenvalue weighted by molar-refractivity contribution is 5.95. The van der Waals surface area contributed by atoms with Crippen LogP contribution in [0.3, 0.4) is 0 Å². The number of ketones is 1. The first-order valence-corrected chi connectivity index (χ1v) is 2.86. The van der Waals surface area contributed by atoms with Gasteiger partial charge in [-0.25, -0.2) is 0 Å². The third-order valence-electron chi connectivity index (χ3n) is 1.78. The van der Waals surface area contributed by atoms with Crippen molar-refractivity contribution in [2.75, 3.05) is 0 Å². The molecular formula is C7H10O. The van der Waals surface area contributed by atoms with E-state index < -0.39 is 0 Å². The molecule has 1 saturated carbocycles. The molecule has 0 aliphatic heterocycles. The lowest BCUT2D eigenvalue weighted by molar-refractivity contribution is -0.118. The molecule has 0 aromatic carbocycles. The number of carbonyl (C=O) groups is 1. The lowest BCUT2D eigenvalue weighted by atomic mass is 10.1. The van der Waals surface area contributed by atoms with Crippen LogP contribution in [0.2, 0.25) is 0 Å². The Hall–Kier alpha value is -0.590. The van der Waals surface area contributed by atoms with Crippen molar-refractivity contribution >= 4 is 5.78 Å². The van der Waals surface area contributed by atoms with E-state index >= 15 is 0 Å². The van der Waals surface area contributed by atoms with E-state index in [0.29, 0.717) is 0 Å². The molecule has 0 heterocycles. The molecule has 0 atom stereocenters. The van der Waals surface area contributed by atoms with Crippen LogP contribution in [-0.4, -0.2) is 5.78 Å². The summed E-state index contributed by atoms with van der Waals surface area (Å²) in [6.45, 7) is 5.40. The van der Waals surface area contributed by atoms with Gasteiger partial charge >= 0.3 is 0 Å². The minimum atomic E-state index is 0.00174. The molecule has 0 amide bonds. The van der Waals surface area contributed by atoms with E-state index in [4.69, 9.17) is 0 Å². The fourth-order valence-electron chi connectivity index (χ4n) is 0.680. The van der Waals surface area contributed by atoms with Crippen LogP contribution in [0, 0.1) is 5.41 Å². The fourth-order valence-corrected chi connectivity index (χ4v) is 0.680. The zero-order valence-corrected chi connectivity index (χ0v) is 5.11. The smallest absolute Gasteiger partial charge is 0.160 e. The maximum Gasteiger partial charge on any atom is 0.160 e. The van der Waals surface area contributed by atoms with Gasteiger partial charge in [0.1, 0.15) is 0 Å². The molecule has 1 aliphatic carbocycles. The molecule has 1 heteroatoms. The van der Waals surface area contributed by atoms with Crippen molar-refractivity contribution in [2.24, 2.45) is 5.41 Å².